The van der Waals surface area contributed by atoms with Crippen LogP contribution in [-0.4, -0.2) is 23.2 Å². The number of hydrazone groups is 1. The lowest BCUT2D eigenvalue weighted by Crippen LogP contribution is -2.04. The number of aryl methyl sites for hydroxylation is 2. The maximum Gasteiger partial charge on any atom is 0.301 e. The van der Waals surface area contributed by atoms with Gasteiger partial charge in [0, 0.05) is 18.7 Å². The number of methoxy groups -OCH3 is 1. The Morgan fingerprint density at radius 2 is 1.81 bits per heavy atom. The van der Waals surface area contributed by atoms with Gasteiger partial charge in [0.05, 0.1) is 28.7 Å². The van der Waals surface area contributed by atoms with E-state index in [9.17, 15) is 20.2 Å². The smallest absolute Gasteiger partial charge is 0.301 e. The third kappa shape index (κ3) is 4.45. The fourth-order valence-corrected chi connectivity index (χ4v) is 2.85. The van der Waals surface area contributed by atoms with E-state index in [0.29, 0.717) is 6.61 Å². The molecule has 142 valence electrons. The molecule has 2 rings (SSSR count). The Balaban J connectivity index is 2.34. The summed E-state index contributed by atoms with van der Waals surface area (Å²) in [6.07, 6.45) is 1.58. The lowest BCUT2D eigenvalue weighted by atomic mass is 9.94. The molecule has 0 amide bonds. The molecule has 0 saturated heterocycles. The van der Waals surface area contributed by atoms with Crippen LogP contribution in [0.4, 0.5) is 17.1 Å². The summed E-state index contributed by atoms with van der Waals surface area (Å²) >= 11 is 0. The molecule has 0 aromatic heterocycles. The highest BCUT2D eigenvalue weighted by molar-refractivity contribution is 5.85. The molecule has 0 radical (unpaired) electrons. The van der Waals surface area contributed by atoms with Gasteiger partial charge in [-0.2, -0.15) is 5.10 Å². The van der Waals surface area contributed by atoms with Gasteiger partial charge in [0.1, 0.15) is 5.69 Å². The van der Waals surface area contributed by atoms with Gasteiger partial charge in [-0.1, -0.05) is 6.07 Å². The zero-order chi connectivity index (χ0) is 20.1. The maximum absolute atomic E-state index is 11.2. The van der Waals surface area contributed by atoms with Crippen molar-refractivity contribution in [2.24, 2.45) is 5.10 Å². The van der Waals surface area contributed by atoms with Gasteiger partial charge in [-0.05, 0) is 49.1 Å². The van der Waals surface area contributed by atoms with Crippen LogP contribution in [0.3, 0.4) is 0 Å². The average molecular weight is 372 g/mol. The maximum atomic E-state index is 11.2. The van der Waals surface area contributed by atoms with Gasteiger partial charge in [0.25, 0.3) is 5.69 Å². The molecule has 0 aliphatic rings. The summed E-state index contributed by atoms with van der Waals surface area (Å²) in [6, 6.07) is 5.37. The highest BCUT2D eigenvalue weighted by Gasteiger charge is 2.19. The third-order valence-corrected chi connectivity index (χ3v) is 4.25. The molecular weight excluding hydrogens is 352 g/mol. The van der Waals surface area contributed by atoms with E-state index >= 15 is 0 Å². The van der Waals surface area contributed by atoms with E-state index in [1.165, 1.54) is 12.1 Å². The van der Waals surface area contributed by atoms with E-state index in [0.717, 1.165) is 33.9 Å². The second-order valence-electron chi connectivity index (χ2n) is 6.05. The number of non-ortho nitro benzene ring substituents is 1. The van der Waals surface area contributed by atoms with Crippen molar-refractivity contribution in [2.45, 2.75) is 27.4 Å². The second-order valence-corrected chi connectivity index (χ2v) is 6.05. The van der Waals surface area contributed by atoms with Gasteiger partial charge in [0.2, 0.25) is 0 Å². The molecule has 0 unspecified atom stereocenters. The SMILES string of the molecule is COCc1c(C)cc(C)c(C=NNc2ccc([N+](=O)[O-])cc2[N+](=O)[O-])c1C. The first-order valence-corrected chi connectivity index (χ1v) is 8.06. The molecule has 2 aromatic carbocycles. The topological polar surface area (TPSA) is 120 Å². The van der Waals surface area contributed by atoms with Crippen molar-refractivity contribution in [3.05, 3.63) is 72.3 Å². The lowest BCUT2D eigenvalue weighted by molar-refractivity contribution is -0.393. The van der Waals surface area contributed by atoms with E-state index in [1.807, 2.05) is 26.8 Å². The quantitative estimate of drug-likeness (QED) is 0.445. The number of nitrogens with zero attached hydrogens (tertiary/aromatic N) is 3. The van der Waals surface area contributed by atoms with Crippen molar-refractivity contribution in [2.75, 3.05) is 12.5 Å². The van der Waals surface area contributed by atoms with Crippen molar-refractivity contribution >= 4 is 23.3 Å². The van der Waals surface area contributed by atoms with E-state index in [-0.39, 0.29) is 11.4 Å². The molecule has 27 heavy (non-hydrogen) atoms. The molecule has 0 aliphatic heterocycles. The molecule has 0 heterocycles. The largest absolute Gasteiger partial charge is 0.380 e. The summed E-state index contributed by atoms with van der Waals surface area (Å²) in [5.41, 5.74) is 6.98. The molecule has 0 atom stereocenters. The van der Waals surface area contributed by atoms with Crippen molar-refractivity contribution in [1.82, 2.24) is 0 Å². The predicted octanol–water partition coefficient (Wildman–Crippen LogP) is 4.02. The molecular formula is C18H20N4O5. The molecule has 0 aliphatic carbocycles. The van der Waals surface area contributed by atoms with Gasteiger partial charge in [-0.3, -0.25) is 25.7 Å². The van der Waals surface area contributed by atoms with Gasteiger partial charge < -0.3 is 4.74 Å². The molecule has 0 saturated carbocycles. The van der Waals surface area contributed by atoms with Crippen LogP contribution in [0, 0.1) is 41.0 Å². The highest BCUT2D eigenvalue weighted by atomic mass is 16.6. The Kier molecular flexibility index (Phi) is 6.19. The number of rotatable bonds is 7. The van der Waals surface area contributed by atoms with E-state index in [4.69, 9.17) is 4.74 Å². The first kappa shape index (κ1) is 20.0. The Morgan fingerprint density at radius 1 is 1.11 bits per heavy atom. The first-order chi connectivity index (χ1) is 12.8. The number of anilines is 1. The minimum atomic E-state index is -0.691. The number of nitro groups is 2. The van der Waals surface area contributed by atoms with Crippen LogP contribution in [0.5, 0.6) is 0 Å². The Labute approximate surface area is 156 Å². The van der Waals surface area contributed by atoms with E-state index in [1.54, 1.807) is 13.3 Å². The van der Waals surface area contributed by atoms with Gasteiger partial charge >= 0.3 is 5.69 Å². The standard InChI is InChI=1S/C18H20N4O5/c1-11-7-12(2)16(10-27-4)13(3)15(11)9-19-20-17-6-5-14(21(23)24)8-18(17)22(25)26/h5-9,20H,10H2,1-4H3. The number of hydrogen-bond acceptors (Lipinski definition) is 7. The highest BCUT2D eigenvalue weighted by Crippen LogP contribution is 2.29. The summed E-state index contributed by atoms with van der Waals surface area (Å²) in [5.74, 6) is 0. The molecule has 9 nitrogen and oxygen atoms in total. The molecule has 2 aromatic rings. The van der Waals surface area contributed by atoms with Crippen molar-refractivity contribution in [1.29, 1.82) is 0 Å². The zero-order valence-electron chi connectivity index (χ0n) is 15.5. The van der Waals surface area contributed by atoms with Crippen LogP contribution < -0.4 is 5.43 Å². The lowest BCUT2D eigenvalue weighted by Gasteiger charge is -2.14. The Morgan fingerprint density at radius 3 is 2.41 bits per heavy atom. The van der Waals surface area contributed by atoms with Crippen molar-refractivity contribution < 1.29 is 14.6 Å². The van der Waals surface area contributed by atoms with Crippen molar-refractivity contribution in [3.8, 4) is 0 Å². The average Bonchev–Trinajstić information content (AvgIpc) is 2.61. The fourth-order valence-electron chi connectivity index (χ4n) is 2.85. The Hall–Kier alpha value is -3.33. The molecule has 0 bridgehead atoms. The van der Waals surface area contributed by atoms with Crippen LogP contribution in [-0.2, 0) is 11.3 Å². The summed E-state index contributed by atoms with van der Waals surface area (Å²) in [5, 5.41) is 26.1. The number of nitrogens with one attached hydrogen (secondary N) is 1. The van der Waals surface area contributed by atoms with Crippen LogP contribution in [0.15, 0.2) is 29.4 Å². The summed E-state index contributed by atoms with van der Waals surface area (Å²) in [4.78, 5) is 20.6. The normalized spacial score (nSPS) is 11.0. The number of nitro benzene ring substituents is 2. The second kappa shape index (κ2) is 8.37. The summed E-state index contributed by atoms with van der Waals surface area (Å²) < 4.78 is 5.24. The van der Waals surface area contributed by atoms with Gasteiger partial charge in [-0.15, -0.1) is 0 Å². The molecule has 0 fully saturated rings. The molecule has 9 heteroatoms. The van der Waals surface area contributed by atoms with Crippen LogP contribution in [0.1, 0.15) is 27.8 Å². The molecule has 1 N–H and O–H groups in total. The summed E-state index contributed by atoms with van der Waals surface area (Å²) in [7, 11) is 1.63. The monoisotopic (exact) mass is 372 g/mol. The molecule has 0 spiro atoms. The van der Waals surface area contributed by atoms with Gasteiger partial charge in [0.15, 0.2) is 0 Å². The predicted molar refractivity (Wildman–Crippen MR) is 102 cm³/mol. The summed E-state index contributed by atoms with van der Waals surface area (Å²) in [6.45, 7) is 6.39. The minimum Gasteiger partial charge on any atom is -0.380 e. The van der Waals surface area contributed by atoms with Crippen LogP contribution in [0.25, 0.3) is 0 Å². The van der Waals surface area contributed by atoms with Crippen LogP contribution in [0.2, 0.25) is 0 Å². The zero-order valence-corrected chi connectivity index (χ0v) is 15.5. The Bertz CT molecular complexity index is 924. The fraction of sp³-hybridized carbons (Fsp3) is 0.278. The van der Waals surface area contributed by atoms with Gasteiger partial charge in [-0.25, -0.2) is 0 Å². The van der Waals surface area contributed by atoms with Crippen LogP contribution >= 0.6 is 0 Å². The van der Waals surface area contributed by atoms with E-state index in [2.05, 4.69) is 10.5 Å². The van der Waals surface area contributed by atoms with Crippen molar-refractivity contribution in [3.63, 3.8) is 0 Å². The third-order valence-electron chi connectivity index (χ3n) is 4.25. The first-order valence-electron chi connectivity index (χ1n) is 8.06. The minimum absolute atomic E-state index is 0.0707. The number of ether oxygens (including phenoxy) is 1. The number of hydrogen-bond donors (Lipinski definition) is 1. The number of benzene rings is 2. The van der Waals surface area contributed by atoms with E-state index < -0.39 is 15.5 Å².